The Morgan fingerprint density at radius 1 is 1.22 bits per heavy atom. The van der Waals surface area contributed by atoms with E-state index in [1.54, 1.807) is 0 Å². The lowest BCUT2D eigenvalue weighted by Gasteiger charge is -2.17. The highest BCUT2D eigenvalue weighted by molar-refractivity contribution is 5.29. The van der Waals surface area contributed by atoms with Crippen LogP contribution in [0.15, 0.2) is 18.2 Å². The van der Waals surface area contributed by atoms with E-state index in [9.17, 15) is 4.39 Å². The molecule has 0 amide bonds. The molecular weight excluding hydrogens is 229 g/mol. The molecule has 0 spiro atoms. The molecule has 1 aromatic rings. The van der Waals surface area contributed by atoms with Gasteiger partial charge in [-0.05, 0) is 48.9 Å². The standard InChI is InChI=1S/C15H24FNO/c1-15(2,3)6-4-8-18-14-10-12(5-7-17)9-13(16)11-14/h9-11H,4-8,17H2,1-3H3. The second-order valence-electron chi connectivity index (χ2n) is 5.85. The van der Waals surface area contributed by atoms with Crippen molar-refractivity contribution in [3.8, 4) is 5.75 Å². The van der Waals surface area contributed by atoms with Crippen molar-refractivity contribution >= 4 is 0 Å². The van der Waals surface area contributed by atoms with Crippen LogP contribution in [0.25, 0.3) is 0 Å². The van der Waals surface area contributed by atoms with E-state index in [1.165, 1.54) is 12.1 Å². The van der Waals surface area contributed by atoms with Gasteiger partial charge >= 0.3 is 0 Å². The maximum Gasteiger partial charge on any atom is 0.127 e. The monoisotopic (exact) mass is 253 g/mol. The van der Waals surface area contributed by atoms with Gasteiger partial charge in [-0.25, -0.2) is 4.39 Å². The van der Waals surface area contributed by atoms with Gasteiger partial charge < -0.3 is 10.5 Å². The molecule has 1 aromatic carbocycles. The van der Waals surface area contributed by atoms with E-state index in [-0.39, 0.29) is 5.82 Å². The predicted molar refractivity (Wildman–Crippen MR) is 73.3 cm³/mol. The van der Waals surface area contributed by atoms with Crippen LogP contribution < -0.4 is 10.5 Å². The summed E-state index contributed by atoms with van der Waals surface area (Å²) in [7, 11) is 0. The van der Waals surface area contributed by atoms with E-state index >= 15 is 0 Å². The van der Waals surface area contributed by atoms with E-state index in [2.05, 4.69) is 20.8 Å². The first-order valence-corrected chi connectivity index (χ1v) is 6.53. The van der Waals surface area contributed by atoms with Crippen molar-refractivity contribution in [2.75, 3.05) is 13.2 Å². The molecule has 3 heteroatoms. The van der Waals surface area contributed by atoms with E-state index < -0.39 is 0 Å². The smallest absolute Gasteiger partial charge is 0.127 e. The normalized spacial score (nSPS) is 11.6. The number of hydrogen-bond acceptors (Lipinski definition) is 2. The van der Waals surface area contributed by atoms with Crippen LogP contribution in [0.3, 0.4) is 0 Å². The van der Waals surface area contributed by atoms with Gasteiger partial charge in [0.05, 0.1) is 6.61 Å². The molecule has 0 aromatic heterocycles. The molecule has 18 heavy (non-hydrogen) atoms. The van der Waals surface area contributed by atoms with Crippen LogP contribution in [-0.2, 0) is 6.42 Å². The van der Waals surface area contributed by atoms with Gasteiger partial charge in [0, 0.05) is 6.07 Å². The fraction of sp³-hybridized carbons (Fsp3) is 0.600. The molecule has 102 valence electrons. The summed E-state index contributed by atoms with van der Waals surface area (Å²) in [5, 5.41) is 0. The fourth-order valence-electron chi connectivity index (χ4n) is 1.81. The minimum absolute atomic E-state index is 0.258. The average molecular weight is 253 g/mol. The van der Waals surface area contributed by atoms with Crippen molar-refractivity contribution in [1.29, 1.82) is 0 Å². The Labute approximate surface area is 109 Å². The molecule has 0 atom stereocenters. The molecule has 0 saturated heterocycles. The molecule has 0 bridgehead atoms. The Morgan fingerprint density at radius 3 is 2.56 bits per heavy atom. The van der Waals surface area contributed by atoms with Crippen molar-refractivity contribution in [1.82, 2.24) is 0 Å². The number of rotatable bonds is 6. The van der Waals surface area contributed by atoms with Gasteiger partial charge in [0.1, 0.15) is 11.6 Å². The van der Waals surface area contributed by atoms with Crippen molar-refractivity contribution in [3.63, 3.8) is 0 Å². The van der Waals surface area contributed by atoms with E-state index in [0.717, 1.165) is 18.4 Å². The third kappa shape index (κ3) is 6.01. The maximum absolute atomic E-state index is 13.3. The lowest BCUT2D eigenvalue weighted by Crippen LogP contribution is -2.08. The molecule has 0 heterocycles. The van der Waals surface area contributed by atoms with Gasteiger partial charge in [0.15, 0.2) is 0 Å². The summed E-state index contributed by atoms with van der Waals surface area (Å²) in [5.74, 6) is 0.346. The Hall–Kier alpha value is -1.09. The first-order chi connectivity index (χ1) is 8.40. The minimum atomic E-state index is -0.258. The van der Waals surface area contributed by atoms with Gasteiger partial charge in [-0.2, -0.15) is 0 Å². The first kappa shape index (κ1) is 15.0. The Morgan fingerprint density at radius 2 is 1.94 bits per heavy atom. The summed E-state index contributed by atoms with van der Waals surface area (Å²) in [6.45, 7) is 7.76. The molecular formula is C15H24FNO. The fourth-order valence-corrected chi connectivity index (χ4v) is 1.81. The van der Waals surface area contributed by atoms with Gasteiger partial charge in [-0.3, -0.25) is 0 Å². The van der Waals surface area contributed by atoms with Gasteiger partial charge in [-0.15, -0.1) is 0 Å². The van der Waals surface area contributed by atoms with Crippen molar-refractivity contribution in [2.45, 2.75) is 40.0 Å². The van der Waals surface area contributed by atoms with Gasteiger partial charge in [0.25, 0.3) is 0 Å². The molecule has 0 aliphatic rings. The zero-order chi connectivity index (χ0) is 13.6. The van der Waals surface area contributed by atoms with Crippen molar-refractivity contribution < 1.29 is 9.13 Å². The van der Waals surface area contributed by atoms with Crippen LogP contribution in [0.5, 0.6) is 5.75 Å². The van der Waals surface area contributed by atoms with Gasteiger partial charge in [0.2, 0.25) is 0 Å². The van der Waals surface area contributed by atoms with Crippen LogP contribution in [0.2, 0.25) is 0 Å². The van der Waals surface area contributed by atoms with Gasteiger partial charge in [-0.1, -0.05) is 20.8 Å². The molecule has 0 aliphatic heterocycles. The zero-order valence-corrected chi connectivity index (χ0v) is 11.6. The SMILES string of the molecule is CC(C)(C)CCCOc1cc(F)cc(CCN)c1. The van der Waals surface area contributed by atoms with Crippen molar-refractivity contribution in [2.24, 2.45) is 11.1 Å². The molecule has 0 unspecified atom stereocenters. The number of halogens is 1. The van der Waals surface area contributed by atoms with Crippen LogP contribution in [0.1, 0.15) is 39.2 Å². The largest absolute Gasteiger partial charge is 0.493 e. The minimum Gasteiger partial charge on any atom is -0.493 e. The Balaban J connectivity index is 2.46. The number of ether oxygens (including phenoxy) is 1. The topological polar surface area (TPSA) is 35.2 Å². The summed E-state index contributed by atoms with van der Waals surface area (Å²) in [5.41, 5.74) is 6.67. The molecule has 0 saturated carbocycles. The summed E-state index contributed by atoms with van der Waals surface area (Å²) in [4.78, 5) is 0. The highest BCUT2D eigenvalue weighted by Gasteiger charge is 2.09. The van der Waals surface area contributed by atoms with Crippen LogP contribution in [-0.4, -0.2) is 13.2 Å². The third-order valence-corrected chi connectivity index (χ3v) is 2.70. The van der Waals surface area contributed by atoms with Crippen molar-refractivity contribution in [3.05, 3.63) is 29.6 Å². The van der Waals surface area contributed by atoms with E-state index in [4.69, 9.17) is 10.5 Å². The van der Waals surface area contributed by atoms with E-state index in [0.29, 0.717) is 30.7 Å². The quantitative estimate of drug-likeness (QED) is 0.787. The maximum atomic E-state index is 13.3. The second-order valence-corrected chi connectivity index (χ2v) is 5.85. The lowest BCUT2D eigenvalue weighted by atomic mass is 9.91. The average Bonchev–Trinajstić information content (AvgIpc) is 2.23. The predicted octanol–water partition coefficient (Wildman–Crippen LogP) is 3.53. The highest BCUT2D eigenvalue weighted by atomic mass is 19.1. The molecule has 0 aliphatic carbocycles. The molecule has 0 radical (unpaired) electrons. The Kier molecular flexibility index (Phi) is 5.60. The highest BCUT2D eigenvalue weighted by Crippen LogP contribution is 2.21. The third-order valence-electron chi connectivity index (χ3n) is 2.70. The Bertz CT molecular complexity index is 371. The molecule has 2 N–H and O–H groups in total. The zero-order valence-electron chi connectivity index (χ0n) is 11.6. The second kappa shape index (κ2) is 6.74. The number of nitrogens with two attached hydrogens (primary N) is 1. The molecule has 0 fully saturated rings. The lowest BCUT2D eigenvalue weighted by molar-refractivity contribution is 0.268. The summed E-state index contributed by atoms with van der Waals surface area (Å²) >= 11 is 0. The number of benzene rings is 1. The number of hydrogen-bond donors (Lipinski definition) is 1. The summed E-state index contributed by atoms with van der Waals surface area (Å²) in [6, 6.07) is 4.80. The van der Waals surface area contributed by atoms with Crippen LogP contribution in [0.4, 0.5) is 4.39 Å². The molecule has 2 nitrogen and oxygen atoms in total. The van der Waals surface area contributed by atoms with Crippen LogP contribution in [0, 0.1) is 11.2 Å². The molecule has 1 rings (SSSR count). The van der Waals surface area contributed by atoms with Crippen LogP contribution >= 0.6 is 0 Å². The summed E-state index contributed by atoms with van der Waals surface area (Å²) < 4.78 is 18.9. The summed E-state index contributed by atoms with van der Waals surface area (Å²) in [6.07, 6.45) is 2.75. The van der Waals surface area contributed by atoms with E-state index in [1.807, 2.05) is 6.07 Å². The first-order valence-electron chi connectivity index (χ1n) is 6.53.